The summed E-state index contributed by atoms with van der Waals surface area (Å²) in [5.74, 6) is -5.71. The van der Waals surface area contributed by atoms with E-state index in [1.165, 1.54) is 30.0 Å². The molecule has 9 nitrogen and oxygen atoms in total. The monoisotopic (exact) mass is 554 g/mol. The van der Waals surface area contributed by atoms with Gasteiger partial charge in [-0.3, -0.25) is 14.3 Å². The van der Waals surface area contributed by atoms with Crippen molar-refractivity contribution < 1.29 is 45.8 Å². The van der Waals surface area contributed by atoms with E-state index in [0.29, 0.717) is 0 Å². The van der Waals surface area contributed by atoms with E-state index in [0.717, 1.165) is 36.4 Å². The van der Waals surface area contributed by atoms with Crippen LogP contribution in [0.15, 0.2) is 42.6 Å². The number of methoxy groups -OCH3 is 2. The second kappa shape index (κ2) is 10.8. The first-order valence-electron chi connectivity index (χ1n) is 11.5. The number of halogens is 5. The van der Waals surface area contributed by atoms with Gasteiger partial charge in [-0.1, -0.05) is 0 Å². The van der Waals surface area contributed by atoms with Gasteiger partial charge in [0, 0.05) is 49.3 Å². The Morgan fingerprint density at radius 1 is 1.08 bits per heavy atom. The van der Waals surface area contributed by atoms with Gasteiger partial charge in [0.15, 0.2) is 0 Å². The molecule has 4 rings (SSSR count). The minimum absolute atomic E-state index is 0.0147. The largest absolute Gasteiger partial charge is 0.573 e. The Morgan fingerprint density at radius 3 is 2.28 bits per heavy atom. The van der Waals surface area contributed by atoms with E-state index in [-0.39, 0.29) is 41.5 Å². The van der Waals surface area contributed by atoms with Crippen LogP contribution in [0.2, 0.25) is 0 Å². The lowest BCUT2D eigenvalue weighted by atomic mass is 9.87. The number of rotatable bonds is 8. The van der Waals surface area contributed by atoms with Gasteiger partial charge in [-0.05, 0) is 24.3 Å². The van der Waals surface area contributed by atoms with Crippen molar-refractivity contribution in [2.45, 2.75) is 12.3 Å². The zero-order valence-electron chi connectivity index (χ0n) is 20.9. The van der Waals surface area contributed by atoms with Gasteiger partial charge in [-0.2, -0.15) is 0 Å². The van der Waals surface area contributed by atoms with Gasteiger partial charge in [0.2, 0.25) is 5.91 Å². The Bertz CT molecular complexity index is 1350. The molecule has 0 radical (unpaired) electrons. The Hall–Kier alpha value is -4.36. The van der Waals surface area contributed by atoms with E-state index in [9.17, 15) is 22.8 Å². The lowest BCUT2D eigenvalue weighted by Gasteiger charge is -2.19. The smallest absolute Gasteiger partial charge is 0.497 e. The number of carbonyl (C=O) groups is 2. The predicted octanol–water partition coefficient (Wildman–Crippen LogP) is 3.79. The minimum Gasteiger partial charge on any atom is -0.497 e. The van der Waals surface area contributed by atoms with Crippen molar-refractivity contribution in [3.05, 3.63) is 65.4 Å². The number of hydrogen-bond donors (Lipinski definition) is 1. The van der Waals surface area contributed by atoms with Crippen LogP contribution in [0.4, 0.5) is 27.6 Å². The Labute approximate surface area is 219 Å². The summed E-state index contributed by atoms with van der Waals surface area (Å²) in [6.07, 6.45) is -3.38. The van der Waals surface area contributed by atoms with E-state index in [2.05, 4.69) is 15.2 Å². The van der Waals surface area contributed by atoms with E-state index >= 15 is 8.78 Å². The Morgan fingerprint density at radius 2 is 1.72 bits per heavy atom. The molecule has 1 aromatic heterocycles. The first-order chi connectivity index (χ1) is 18.4. The van der Waals surface area contributed by atoms with Crippen LogP contribution in [0.5, 0.6) is 17.4 Å². The van der Waals surface area contributed by atoms with Crippen LogP contribution in [0.1, 0.15) is 21.8 Å². The number of carbonyl (C=O) groups excluding carboxylic acids is 2. The molecule has 1 saturated heterocycles. The van der Waals surface area contributed by atoms with Crippen molar-refractivity contribution >= 4 is 17.5 Å². The van der Waals surface area contributed by atoms with Crippen molar-refractivity contribution in [2.24, 2.45) is 13.0 Å². The molecule has 39 heavy (non-hydrogen) atoms. The second-order valence-corrected chi connectivity index (χ2v) is 8.65. The summed E-state index contributed by atoms with van der Waals surface area (Å²) in [7, 11) is 4.22. The fourth-order valence-corrected chi connectivity index (χ4v) is 4.46. The molecule has 208 valence electrons. The van der Waals surface area contributed by atoms with E-state index in [4.69, 9.17) is 9.47 Å². The molecule has 2 atom stereocenters. The maximum atomic E-state index is 15.1. The molecule has 3 aromatic rings. The maximum absolute atomic E-state index is 15.1. The van der Waals surface area contributed by atoms with Crippen LogP contribution in [0.3, 0.4) is 0 Å². The number of nitrogens with zero attached hydrogens (tertiary/aromatic N) is 3. The second-order valence-electron chi connectivity index (χ2n) is 8.65. The molecular formula is C25H23F5N4O5. The van der Waals surface area contributed by atoms with Crippen molar-refractivity contribution in [2.75, 3.05) is 32.2 Å². The van der Waals surface area contributed by atoms with Crippen LogP contribution in [-0.4, -0.2) is 55.3 Å². The molecule has 14 heteroatoms. The maximum Gasteiger partial charge on any atom is 0.573 e. The number of benzene rings is 2. The van der Waals surface area contributed by atoms with E-state index in [1.54, 1.807) is 7.05 Å². The highest BCUT2D eigenvalue weighted by Crippen LogP contribution is 2.41. The number of nitrogens with one attached hydrogen (secondary N) is 1. The molecule has 2 heterocycles. The van der Waals surface area contributed by atoms with Gasteiger partial charge in [-0.25, -0.2) is 8.78 Å². The van der Waals surface area contributed by atoms with Crippen LogP contribution < -0.4 is 24.4 Å². The van der Waals surface area contributed by atoms with Gasteiger partial charge in [-0.15, -0.1) is 18.3 Å². The third-order valence-corrected chi connectivity index (χ3v) is 6.20. The molecule has 2 aromatic carbocycles. The summed E-state index contributed by atoms with van der Waals surface area (Å²) in [6.45, 7) is -0.474. The number of aromatic nitrogens is 2. The molecule has 1 unspecified atom stereocenters. The molecule has 0 bridgehead atoms. The van der Waals surface area contributed by atoms with Crippen molar-refractivity contribution in [3.63, 3.8) is 0 Å². The lowest BCUT2D eigenvalue weighted by Crippen LogP contribution is -2.36. The predicted molar refractivity (Wildman–Crippen MR) is 127 cm³/mol. The van der Waals surface area contributed by atoms with Gasteiger partial charge in [0.05, 0.1) is 26.3 Å². The Balaban J connectivity index is 1.61. The van der Waals surface area contributed by atoms with E-state index in [1.807, 2.05) is 0 Å². The van der Waals surface area contributed by atoms with Crippen LogP contribution in [0, 0.1) is 17.6 Å². The van der Waals surface area contributed by atoms with Gasteiger partial charge < -0.3 is 24.4 Å². The van der Waals surface area contributed by atoms with Gasteiger partial charge in [0.1, 0.15) is 28.8 Å². The number of aryl methyl sites for hydroxylation is 1. The zero-order valence-corrected chi connectivity index (χ0v) is 20.9. The topological polar surface area (TPSA) is 94.9 Å². The highest BCUT2D eigenvalue weighted by Gasteiger charge is 2.45. The van der Waals surface area contributed by atoms with Crippen LogP contribution >= 0.6 is 0 Å². The third kappa shape index (κ3) is 5.89. The van der Waals surface area contributed by atoms with Gasteiger partial charge in [0.25, 0.3) is 11.8 Å². The van der Waals surface area contributed by atoms with Crippen molar-refractivity contribution in [1.82, 2.24) is 15.1 Å². The third-order valence-electron chi connectivity index (χ3n) is 6.20. The lowest BCUT2D eigenvalue weighted by molar-refractivity contribution is -0.274. The number of hydrogen-bond acceptors (Lipinski definition) is 6. The minimum atomic E-state index is -4.89. The molecule has 1 aliphatic heterocycles. The SMILES string of the molecule is COc1cc(F)c([C@@H]2CN(c3cn(C)nc3OC)C(=O)C2CNC(=O)c2ccc(OC(F)(F)F)cc2)c(F)c1. The summed E-state index contributed by atoms with van der Waals surface area (Å²) in [4.78, 5) is 27.5. The standard InChI is InChI=1S/C25H23F5N4O5/c1-33-12-20(23(32-33)38-3)34-11-17(21-18(26)8-15(37-2)9-19(21)27)16(24(34)36)10-31-22(35)13-4-6-14(7-5-13)39-25(28,29)30/h4-9,12,16-17H,10-11H2,1-3H3,(H,31,35)/t16?,17-/m1/s1. The first kappa shape index (κ1) is 27.7. The molecule has 0 saturated carbocycles. The number of ether oxygens (including phenoxy) is 3. The molecule has 1 aliphatic rings. The first-order valence-corrected chi connectivity index (χ1v) is 11.5. The summed E-state index contributed by atoms with van der Waals surface area (Å²) in [5.41, 5.74) is -0.0973. The van der Waals surface area contributed by atoms with Crippen LogP contribution in [0.25, 0.3) is 0 Å². The summed E-state index contributed by atoms with van der Waals surface area (Å²) < 4.78 is 82.7. The molecule has 0 aliphatic carbocycles. The van der Waals surface area contributed by atoms with E-state index < -0.39 is 47.4 Å². The zero-order chi connectivity index (χ0) is 28.5. The number of alkyl halides is 3. The molecule has 2 amide bonds. The molecular weight excluding hydrogens is 531 g/mol. The fraction of sp³-hybridized carbons (Fsp3) is 0.320. The quantitative estimate of drug-likeness (QED) is 0.426. The van der Waals surface area contributed by atoms with Gasteiger partial charge >= 0.3 is 6.36 Å². The Kier molecular flexibility index (Phi) is 7.65. The molecule has 0 spiro atoms. The highest BCUT2D eigenvalue weighted by molar-refractivity contribution is 6.00. The highest BCUT2D eigenvalue weighted by atomic mass is 19.4. The fourth-order valence-electron chi connectivity index (χ4n) is 4.46. The average molecular weight is 554 g/mol. The molecule has 1 fully saturated rings. The normalized spacial score (nSPS) is 17.3. The van der Waals surface area contributed by atoms with Crippen molar-refractivity contribution in [3.8, 4) is 17.4 Å². The summed E-state index contributed by atoms with van der Waals surface area (Å²) in [5, 5.41) is 6.65. The number of anilines is 1. The summed E-state index contributed by atoms with van der Waals surface area (Å²) >= 11 is 0. The summed E-state index contributed by atoms with van der Waals surface area (Å²) in [6, 6.07) is 6.14. The van der Waals surface area contributed by atoms with Crippen molar-refractivity contribution in [1.29, 1.82) is 0 Å². The average Bonchev–Trinajstić information content (AvgIpc) is 3.40. The van der Waals surface area contributed by atoms with Crippen LogP contribution in [-0.2, 0) is 11.8 Å². The number of amides is 2. The molecule has 1 N–H and O–H groups in total.